The zero-order chi connectivity index (χ0) is 15.8. The molecule has 1 amide bonds. The number of carbonyl (C=O) groups excluding carboxylic acids is 1. The molecule has 5 heteroatoms. The molecule has 2 aromatic rings. The molecular weight excluding hydrogens is 292 g/mol. The fraction of sp³-hybridized carbons (Fsp3) is 0.278. The molecule has 0 N–H and O–H groups in total. The fourth-order valence-electron chi connectivity index (χ4n) is 3.16. The van der Waals surface area contributed by atoms with Gasteiger partial charge in [-0.1, -0.05) is 6.07 Å². The Morgan fingerprint density at radius 3 is 3.00 bits per heavy atom. The van der Waals surface area contributed by atoms with Gasteiger partial charge in [0, 0.05) is 31.1 Å². The molecule has 0 aliphatic carbocycles. The SMILES string of the molecule is C[C@@H]1c2cccn2CCN1C(=O)/C=C/c1ccc2c(c1)OCO2. The summed E-state index contributed by atoms with van der Waals surface area (Å²) < 4.78 is 12.8. The first-order chi connectivity index (χ1) is 11.2. The van der Waals surface area contributed by atoms with Crippen molar-refractivity contribution >= 4 is 12.0 Å². The summed E-state index contributed by atoms with van der Waals surface area (Å²) in [5.74, 6) is 1.50. The van der Waals surface area contributed by atoms with Gasteiger partial charge in [-0.05, 0) is 42.8 Å². The van der Waals surface area contributed by atoms with Crippen molar-refractivity contribution in [3.05, 3.63) is 53.9 Å². The van der Waals surface area contributed by atoms with Crippen molar-refractivity contribution < 1.29 is 14.3 Å². The number of nitrogens with zero attached hydrogens (tertiary/aromatic N) is 2. The lowest BCUT2D eigenvalue weighted by atomic mass is 10.1. The smallest absolute Gasteiger partial charge is 0.247 e. The summed E-state index contributed by atoms with van der Waals surface area (Å²) in [4.78, 5) is 14.4. The zero-order valence-corrected chi connectivity index (χ0v) is 12.9. The Balaban J connectivity index is 1.50. The lowest BCUT2D eigenvalue weighted by molar-refractivity contribution is -0.129. The van der Waals surface area contributed by atoms with Gasteiger partial charge in [0.05, 0.1) is 6.04 Å². The Kier molecular flexibility index (Phi) is 3.33. The molecule has 0 radical (unpaired) electrons. The molecular formula is C18H18N2O3. The molecule has 2 aliphatic heterocycles. The highest BCUT2D eigenvalue weighted by atomic mass is 16.7. The van der Waals surface area contributed by atoms with E-state index in [1.54, 1.807) is 6.08 Å². The van der Waals surface area contributed by atoms with Crippen LogP contribution in [0.3, 0.4) is 0 Å². The van der Waals surface area contributed by atoms with Gasteiger partial charge in [0.25, 0.3) is 0 Å². The van der Waals surface area contributed by atoms with E-state index < -0.39 is 0 Å². The van der Waals surface area contributed by atoms with Crippen molar-refractivity contribution in [1.29, 1.82) is 0 Å². The average Bonchev–Trinajstić information content (AvgIpc) is 3.21. The number of rotatable bonds is 2. The standard InChI is InChI=1S/C18H18N2O3/c1-13-15-3-2-8-19(15)9-10-20(13)18(21)7-5-14-4-6-16-17(11-14)23-12-22-16/h2-8,11,13H,9-10,12H2,1H3/b7-5+/t13-/m1/s1. The van der Waals surface area contributed by atoms with Crippen molar-refractivity contribution in [1.82, 2.24) is 9.47 Å². The monoisotopic (exact) mass is 310 g/mol. The molecule has 118 valence electrons. The second kappa shape index (κ2) is 5.50. The zero-order valence-electron chi connectivity index (χ0n) is 12.9. The molecule has 1 aromatic carbocycles. The fourth-order valence-corrected chi connectivity index (χ4v) is 3.16. The van der Waals surface area contributed by atoms with Crippen molar-refractivity contribution in [2.24, 2.45) is 0 Å². The van der Waals surface area contributed by atoms with Crippen LogP contribution in [0.4, 0.5) is 0 Å². The molecule has 1 atom stereocenters. The molecule has 23 heavy (non-hydrogen) atoms. The van der Waals surface area contributed by atoms with E-state index in [0.717, 1.165) is 30.2 Å². The highest BCUT2D eigenvalue weighted by Crippen LogP contribution is 2.33. The highest BCUT2D eigenvalue weighted by Gasteiger charge is 2.25. The van der Waals surface area contributed by atoms with Crippen LogP contribution in [0.5, 0.6) is 11.5 Å². The van der Waals surface area contributed by atoms with E-state index >= 15 is 0 Å². The van der Waals surface area contributed by atoms with Gasteiger partial charge in [-0.15, -0.1) is 0 Å². The number of amides is 1. The maximum atomic E-state index is 12.5. The van der Waals surface area contributed by atoms with Gasteiger partial charge in [0.2, 0.25) is 12.7 Å². The summed E-state index contributed by atoms with van der Waals surface area (Å²) in [6, 6.07) is 9.86. The Morgan fingerprint density at radius 2 is 2.09 bits per heavy atom. The molecule has 0 fully saturated rings. The van der Waals surface area contributed by atoms with Crippen LogP contribution in [0.2, 0.25) is 0 Å². The first kappa shape index (κ1) is 13.9. The molecule has 5 nitrogen and oxygen atoms in total. The van der Waals surface area contributed by atoms with Crippen LogP contribution < -0.4 is 9.47 Å². The Labute approximate surface area is 134 Å². The first-order valence-corrected chi connectivity index (χ1v) is 7.76. The van der Waals surface area contributed by atoms with E-state index in [2.05, 4.69) is 23.8 Å². The van der Waals surface area contributed by atoms with Gasteiger partial charge >= 0.3 is 0 Å². The van der Waals surface area contributed by atoms with Gasteiger partial charge in [-0.25, -0.2) is 0 Å². The lowest BCUT2D eigenvalue weighted by Crippen LogP contribution is -2.39. The maximum Gasteiger partial charge on any atom is 0.247 e. The number of aromatic nitrogens is 1. The summed E-state index contributed by atoms with van der Waals surface area (Å²) >= 11 is 0. The predicted octanol–water partition coefficient (Wildman–Crippen LogP) is 2.83. The van der Waals surface area contributed by atoms with E-state index in [1.807, 2.05) is 35.2 Å². The van der Waals surface area contributed by atoms with E-state index in [9.17, 15) is 4.79 Å². The quantitative estimate of drug-likeness (QED) is 0.801. The summed E-state index contributed by atoms with van der Waals surface area (Å²) in [6.45, 7) is 3.90. The summed E-state index contributed by atoms with van der Waals surface area (Å²) in [5.41, 5.74) is 2.11. The third-order valence-electron chi connectivity index (χ3n) is 4.44. The van der Waals surface area contributed by atoms with Gasteiger partial charge in [-0.2, -0.15) is 0 Å². The van der Waals surface area contributed by atoms with Gasteiger partial charge in [-0.3, -0.25) is 4.79 Å². The lowest BCUT2D eigenvalue weighted by Gasteiger charge is -2.34. The predicted molar refractivity (Wildman–Crippen MR) is 86.2 cm³/mol. The Bertz CT molecular complexity index is 778. The van der Waals surface area contributed by atoms with Crippen LogP contribution in [-0.4, -0.2) is 28.7 Å². The molecule has 0 saturated carbocycles. The third-order valence-corrected chi connectivity index (χ3v) is 4.44. The number of benzene rings is 1. The van der Waals surface area contributed by atoms with Crippen LogP contribution in [0.15, 0.2) is 42.6 Å². The van der Waals surface area contributed by atoms with Gasteiger partial charge in [0.15, 0.2) is 11.5 Å². The largest absolute Gasteiger partial charge is 0.454 e. The minimum absolute atomic E-state index is 0.0302. The summed E-state index contributed by atoms with van der Waals surface area (Å²) in [7, 11) is 0. The van der Waals surface area contributed by atoms with Gasteiger partial charge < -0.3 is 18.9 Å². The second-order valence-corrected chi connectivity index (χ2v) is 5.78. The van der Waals surface area contributed by atoms with Crippen LogP contribution in [0.1, 0.15) is 24.2 Å². The maximum absolute atomic E-state index is 12.5. The molecule has 0 unspecified atom stereocenters. The van der Waals surface area contributed by atoms with Crippen molar-refractivity contribution in [2.45, 2.75) is 19.5 Å². The molecule has 3 heterocycles. The third kappa shape index (κ3) is 2.48. The van der Waals surface area contributed by atoms with E-state index in [-0.39, 0.29) is 18.7 Å². The second-order valence-electron chi connectivity index (χ2n) is 5.78. The number of carbonyl (C=O) groups is 1. The molecule has 1 aromatic heterocycles. The van der Waals surface area contributed by atoms with Crippen molar-refractivity contribution in [2.75, 3.05) is 13.3 Å². The molecule has 0 saturated heterocycles. The Hall–Kier alpha value is -2.69. The van der Waals surface area contributed by atoms with E-state index in [4.69, 9.17) is 9.47 Å². The van der Waals surface area contributed by atoms with Crippen LogP contribution in [0.25, 0.3) is 6.08 Å². The van der Waals surface area contributed by atoms with E-state index in [1.165, 1.54) is 5.69 Å². The molecule has 4 rings (SSSR count). The van der Waals surface area contributed by atoms with Crippen molar-refractivity contribution in [3.8, 4) is 11.5 Å². The van der Waals surface area contributed by atoms with E-state index in [0.29, 0.717) is 0 Å². The van der Waals surface area contributed by atoms with Gasteiger partial charge in [0.1, 0.15) is 0 Å². The average molecular weight is 310 g/mol. The van der Waals surface area contributed by atoms with Crippen LogP contribution >= 0.6 is 0 Å². The number of ether oxygens (including phenoxy) is 2. The van der Waals surface area contributed by atoms with Crippen LogP contribution in [0, 0.1) is 0 Å². The number of fused-ring (bicyclic) bond motifs is 2. The van der Waals surface area contributed by atoms with Crippen LogP contribution in [-0.2, 0) is 11.3 Å². The number of hydrogen-bond donors (Lipinski definition) is 0. The normalized spacial score (nSPS) is 19.2. The first-order valence-electron chi connectivity index (χ1n) is 7.76. The minimum Gasteiger partial charge on any atom is -0.454 e. The van der Waals surface area contributed by atoms with Crippen molar-refractivity contribution in [3.63, 3.8) is 0 Å². The topological polar surface area (TPSA) is 43.7 Å². The highest BCUT2D eigenvalue weighted by molar-refractivity contribution is 5.92. The Morgan fingerprint density at radius 1 is 1.22 bits per heavy atom. The summed E-state index contributed by atoms with van der Waals surface area (Å²) in [6.07, 6.45) is 5.52. The molecule has 2 aliphatic rings. The molecule has 0 spiro atoms. The molecule has 0 bridgehead atoms. The summed E-state index contributed by atoms with van der Waals surface area (Å²) in [5, 5.41) is 0. The number of hydrogen-bond acceptors (Lipinski definition) is 3. The minimum atomic E-state index is 0.0302.